The second kappa shape index (κ2) is 2.92. The first-order valence-electron chi connectivity index (χ1n) is 3.03. The number of hydrogen-bond acceptors (Lipinski definition) is 2. The van der Waals surface area contributed by atoms with E-state index in [0.717, 1.165) is 0 Å². The van der Waals surface area contributed by atoms with E-state index in [2.05, 4.69) is 17.2 Å². The first kappa shape index (κ1) is 8.07. The van der Waals surface area contributed by atoms with Gasteiger partial charge in [0.2, 0.25) is 5.95 Å². The van der Waals surface area contributed by atoms with Gasteiger partial charge in [0, 0.05) is 17.3 Å². The van der Waals surface area contributed by atoms with Gasteiger partial charge >= 0.3 is 0 Å². The predicted octanol–water partition coefficient (Wildman–Crippen LogP) is 1.16. The number of hydrogen-bond donors (Lipinski definition) is 1. The Morgan fingerprint density at radius 2 is 2.27 bits per heavy atom. The van der Waals surface area contributed by atoms with Crippen molar-refractivity contribution in [1.29, 1.82) is 0 Å². The Balaban J connectivity index is 3.19. The van der Waals surface area contributed by atoms with Gasteiger partial charge in [-0.15, -0.1) is 0 Å². The number of nitrogens with zero attached hydrogens (tertiary/aromatic N) is 1. The standard InChI is InChI=1S/C7H7FN2S/c1-4-2-5(7(9)11)3-6(8)10-4/h2-3H,1H3,(H2,9,11). The lowest BCUT2D eigenvalue weighted by Gasteiger charge is -1.98. The van der Waals surface area contributed by atoms with Crippen LogP contribution in [-0.4, -0.2) is 9.97 Å². The van der Waals surface area contributed by atoms with Crippen LogP contribution in [0.3, 0.4) is 0 Å². The third kappa shape index (κ3) is 1.94. The van der Waals surface area contributed by atoms with Crippen LogP contribution in [0.5, 0.6) is 0 Å². The molecule has 1 aromatic heterocycles. The fourth-order valence-corrected chi connectivity index (χ4v) is 0.888. The zero-order valence-corrected chi connectivity index (χ0v) is 6.78. The number of pyridine rings is 1. The molecule has 11 heavy (non-hydrogen) atoms. The van der Waals surface area contributed by atoms with E-state index in [0.29, 0.717) is 11.3 Å². The van der Waals surface area contributed by atoms with Gasteiger partial charge in [-0.3, -0.25) is 0 Å². The SMILES string of the molecule is Cc1cc(C(N)=S)cc(F)n1. The van der Waals surface area contributed by atoms with E-state index >= 15 is 0 Å². The topological polar surface area (TPSA) is 38.9 Å². The van der Waals surface area contributed by atoms with E-state index in [1.165, 1.54) is 6.07 Å². The van der Waals surface area contributed by atoms with Crippen LogP contribution in [-0.2, 0) is 0 Å². The van der Waals surface area contributed by atoms with Crippen LogP contribution in [0.1, 0.15) is 11.3 Å². The minimum atomic E-state index is -0.548. The van der Waals surface area contributed by atoms with E-state index in [-0.39, 0.29) is 4.99 Å². The third-order valence-corrected chi connectivity index (χ3v) is 1.44. The lowest BCUT2D eigenvalue weighted by Crippen LogP contribution is -2.10. The maximum Gasteiger partial charge on any atom is 0.213 e. The molecule has 0 aliphatic heterocycles. The van der Waals surface area contributed by atoms with Gasteiger partial charge in [0.1, 0.15) is 4.99 Å². The Morgan fingerprint density at radius 3 is 2.73 bits per heavy atom. The molecule has 0 spiro atoms. The number of nitrogens with two attached hydrogens (primary N) is 1. The normalized spacial score (nSPS) is 9.64. The molecule has 0 unspecified atom stereocenters. The van der Waals surface area contributed by atoms with Crippen LogP contribution in [0.4, 0.5) is 4.39 Å². The summed E-state index contributed by atoms with van der Waals surface area (Å²) in [7, 11) is 0. The van der Waals surface area contributed by atoms with Gasteiger partial charge in [0.25, 0.3) is 0 Å². The number of thiocarbonyl (C=S) groups is 1. The van der Waals surface area contributed by atoms with Gasteiger partial charge in [-0.25, -0.2) is 4.98 Å². The second-order valence-corrected chi connectivity index (χ2v) is 2.62. The Morgan fingerprint density at radius 1 is 1.64 bits per heavy atom. The van der Waals surface area contributed by atoms with Gasteiger partial charge in [-0.2, -0.15) is 4.39 Å². The summed E-state index contributed by atoms with van der Waals surface area (Å²) in [6, 6.07) is 2.86. The summed E-state index contributed by atoms with van der Waals surface area (Å²) >= 11 is 4.66. The fourth-order valence-electron chi connectivity index (χ4n) is 0.770. The molecule has 0 aromatic carbocycles. The summed E-state index contributed by atoms with van der Waals surface area (Å²) < 4.78 is 12.6. The Bertz CT molecular complexity index is 278. The molecule has 0 atom stereocenters. The zero-order valence-electron chi connectivity index (χ0n) is 5.97. The van der Waals surface area contributed by atoms with E-state index in [4.69, 9.17) is 5.73 Å². The van der Waals surface area contributed by atoms with Crippen molar-refractivity contribution in [3.63, 3.8) is 0 Å². The highest BCUT2D eigenvalue weighted by Gasteiger charge is 2.00. The van der Waals surface area contributed by atoms with E-state index < -0.39 is 5.95 Å². The van der Waals surface area contributed by atoms with Crippen LogP contribution >= 0.6 is 12.2 Å². The van der Waals surface area contributed by atoms with Crippen molar-refractivity contribution >= 4 is 17.2 Å². The second-order valence-electron chi connectivity index (χ2n) is 2.18. The van der Waals surface area contributed by atoms with E-state index in [1.807, 2.05) is 0 Å². The summed E-state index contributed by atoms with van der Waals surface area (Å²) in [4.78, 5) is 3.72. The lowest BCUT2D eigenvalue weighted by molar-refractivity contribution is 0.580. The molecule has 2 nitrogen and oxygen atoms in total. The van der Waals surface area contributed by atoms with Crippen molar-refractivity contribution in [3.05, 3.63) is 29.3 Å². The zero-order chi connectivity index (χ0) is 8.43. The van der Waals surface area contributed by atoms with Crippen molar-refractivity contribution in [2.45, 2.75) is 6.92 Å². The maximum atomic E-state index is 12.6. The van der Waals surface area contributed by atoms with Crippen molar-refractivity contribution in [3.8, 4) is 0 Å². The molecule has 0 radical (unpaired) electrons. The minimum Gasteiger partial charge on any atom is -0.389 e. The molecule has 2 N–H and O–H groups in total. The largest absolute Gasteiger partial charge is 0.389 e. The van der Waals surface area contributed by atoms with E-state index in [9.17, 15) is 4.39 Å². The van der Waals surface area contributed by atoms with Crippen molar-refractivity contribution < 1.29 is 4.39 Å². The smallest absolute Gasteiger partial charge is 0.213 e. The molecule has 0 fully saturated rings. The van der Waals surface area contributed by atoms with Gasteiger partial charge in [-0.05, 0) is 13.0 Å². The Kier molecular flexibility index (Phi) is 2.14. The van der Waals surface area contributed by atoms with Gasteiger partial charge < -0.3 is 5.73 Å². The molecule has 1 rings (SSSR count). The van der Waals surface area contributed by atoms with Crippen LogP contribution in [0.15, 0.2) is 12.1 Å². The molecule has 58 valence electrons. The summed E-state index contributed by atoms with van der Waals surface area (Å²) in [6.07, 6.45) is 0. The average molecular weight is 170 g/mol. The molecule has 0 saturated heterocycles. The average Bonchev–Trinajstić information content (AvgIpc) is 1.85. The highest BCUT2D eigenvalue weighted by molar-refractivity contribution is 7.80. The Labute approximate surface area is 69.2 Å². The number of aromatic nitrogens is 1. The number of aryl methyl sites for hydroxylation is 1. The third-order valence-electron chi connectivity index (χ3n) is 1.21. The first-order valence-corrected chi connectivity index (χ1v) is 3.44. The fraction of sp³-hybridized carbons (Fsp3) is 0.143. The lowest BCUT2D eigenvalue weighted by atomic mass is 10.2. The van der Waals surface area contributed by atoms with E-state index in [1.54, 1.807) is 13.0 Å². The van der Waals surface area contributed by atoms with Crippen molar-refractivity contribution in [2.24, 2.45) is 5.73 Å². The van der Waals surface area contributed by atoms with Crippen LogP contribution in [0, 0.1) is 12.9 Å². The predicted molar refractivity (Wildman–Crippen MR) is 44.8 cm³/mol. The van der Waals surface area contributed by atoms with Gasteiger partial charge in [0.05, 0.1) is 0 Å². The first-order chi connectivity index (χ1) is 5.09. The monoisotopic (exact) mass is 170 g/mol. The Hall–Kier alpha value is -1.03. The molecule has 1 heterocycles. The molecular formula is C7H7FN2S. The summed E-state index contributed by atoms with van der Waals surface area (Å²) in [5.74, 6) is -0.548. The van der Waals surface area contributed by atoms with Crippen molar-refractivity contribution in [2.75, 3.05) is 0 Å². The summed E-state index contributed by atoms with van der Waals surface area (Å²) in [5, 5.41) is 0. The van der Waals surface area contributed by atoms with Crippen molar-refractivity contribution in [1.82, 2.24) is 4.98 Å². The molecule has 0 aliphatic rings. The number of rotatable bonds is 1. The van der Waals surface area contributed by atoms with Crippen LogP contribution < -0.4 is 5.73 Å². The highest BCUT2D eigenvalue weighted by Crippen LogP contribution is 2.03. The van der Waals surface area contributed by atoms with Gasteiger partial charge in [-0.1, -0.05) is 12.2 Å². The van der Waals surface area contributed by atoms with Crippen LogP contribution in [0.25, 0.3) is 0 Å². The summed E-state index contributed by atoms with van der Waals surface area (Å²) in [6.45, 7) is 1.69. The van der Waals surface area contributed by atoms with Gasteiger partial charge in [0.15, 0.2) is 0 Å². The highest BCUT2D eigenvalue weighted by atomic mass is 32.1. The maximum absolute atomic E-state index is 12.6. The molecule has 0 saturated carbocycles. The molecule has 4 heteroatoms. The molecule has 0 bridgehead atoms. The quantitative estimate of drug-likeness (QED) is 0.508. The van der Waals surface area contributed by atoms with Crippen LogP contribution in [0.2, 0.25) is 0 Å². The molecule has 1 aromatic rings. The number of halogens is 1. The molecular weight excluding hydrogens is 163 g/mol. The minimum absolute atomic E-state index is 0.189. The molecule has 0 amide bonds. The summed E-state index contributed by atoms with van der Waals surface area (Å²) in [5.41, 5.74) is 6.38. The molecule has 0 aliphatic carbocycles.